The van der Waals surface area contributed by atoms with Gasteiger partial charge in [-0.3, -0.25) is 4.99 Å². The third-order valence-electron chi connectivity index (χ3n) is 1.99. The molecule has 1 rings (SSSR count). The molecule has 0 amide bonds. The van der Waals surface area contributed by atoms with Crippen molar-refractivity contribution < 1.29 is 4.74 Å². The molecule has 0 radical (unpaired) electrons. The number of para-hydroxylation sites is 1. The van der Waals surface area contributed by atoms with E-state index in [-0.39, 0.29) is 0 Å². The van der Waals surface area contributed by atoms with E-state index in [1.807, 2.05) is 24.3 Å². The number of nitrogens with zero attached hydrogens (tertiary/aromatic N) is 1. The Kier molecular flexibility index (Phi) is 4.63. The van der Waals surface area contributed by atoms with Crippen molar-refractivity contribution in [1.29, 1.82) is 0 Å². The predicted octanol–water partition coefficient (Wildman–Crippen LogP) is 1.32. The Morgan fingerprint density at radius 2 is 2.20 bits per heavy atom. The summed E-state index contributed by atoms with van der Waals surface area (Å²) >= 11 is 0. The number of rotatable bonds is 4. The number of ether oxygens (including phenoxy) is 1. The molecule has 0 saturated carbocycles. The summed E-state index contributed by atoms with van der Waals surface area (Å²) in [6, 6.07) is 7.65. The van der Waals surface area contributed by atoms with Crippen LogP contribution in [0.1, 0.15) is 18.9 Å². The van der Waals surface area contributed by atoms with Gasteiger partial charge >= 0.3 is 0 Å². The molecule has 0 saturated heterocycles. The first-order valence-electron chi connectivity index (χ1n) is 4.98. The highest BCUT2D eigenvalue weighted by atomic mass is 16.5. The molecule has 15 heavy (non-hydrogen) atoms. The first kappa shape index (κ1) is 11.5. The second-order valence-corrected chi connectivity index (χ2v) is 3.07. The fraction of sp³-hybridized carbons (Fsp3) is 0.364. The van der Waals surface area contributed by atoms with Crippen LogP contribution in [0.5, 0.6) is 5.75 Å². The van der Waals surface area contributed by atoms with Crippen molar-refractivity contribution in [2.45, 2.75) is 13.3 Å². The van der Waals surface area contributed by atoms with Crippen LogP contribution in [0.4, 0.5) is 0 Å². The summed E-state index contributed by atoms with van der Waals surface area (Å²) in [6.45, 7) is 2.82. The van der Waals surface area contributed by atoms with Crippen molar-refractivity contribution in [3.8, 4) is 5.75 Å². The van der Waals surface area contributed by atoms with Crippen LogP contribution in [0.2, 0.25) is 0 Å². The van der Waals surface area contributed by atoms with Crippen LogP contribution in [0.15, 0.2) is 29.3 Å². The molecule has 0 aliphatic rings. The molecule has 0 aliphatic heterocycles. The van der Waals surface area contributed by atoms with E-state index in [4.69, 9.17) is 10.6 Å². The molecule has 1 aromatic rings. The molecular weight excluding hydrogens is 190 g/mol. The van der Waals surface area contributed by atoms with Crippen molar-refractivity contribution in [1.82, 2.24) is 5.43 Å². The summed E-state index contributed by atoms with van der Waals surface area (Å²) in [5, 5.41) is 0. The van der Waals surface area contributed by atoms with E-state index in [0.717, 1.165) is 24.3 Å². The van der Waals surface area contributed by atoms with Crippen molar-refractivity contribution in [2.24, 2.45) is 10.8 Å². The zero-order valence-electron chi connectivity index (χ0n) is 9.16. The van der Waals surface area contributed by atoms with Gasteiger partial charge < -0.3 is 10.2 Å². The second-order valence-electron chi connectivity index (χ2n) is 3.07. The number of nitrogens with one attached hydrogen (secondary N) is 1. The van der Waals surface area contributed by atoms with Gasteiger partial charge in [0.1, 0.15) is 11.6 Å². The molecule has 0 aliphatic carbocycles. The molecule has 4 nitrogen and oxygen atoms in total. The van der Waals surface area contributed by atoms with Gasteiger partial charge in [-0.15, -0.1) is 0 Å². The van der Waals surface area contributed by atoms with E-state index < -0.39 is 0 Å². The Balaban J connectivity index is 3.00. The van der Waals surface area contributed by atoms with Gasteiger partial charge in [0, 0.05) is 6.54 Å². The molecule has 0 spiro atoms. The van der Waals surface area contributed by atoms with Gasteiger partial charge in [-0.05, 0) is 18.6 Å². The fourth-order valence-electron chi connectivity index (χ4n) is 1.27. The van der Waals surface area contributed by atoms with Gasteiger partial charge in [-0.2, -0.15) is 0 Å². The van der Waals surface area contributed by atoms with Crippen molar-refractivity contribution in [3.63, 3.8) is 0 Å². The number of hydrogen-bond acceptors (Lipinski definition) is 3. The molecule has 0 unspecified atom stereocenters. The van der Waals surface area contributed by atoms with Crippen LogP contribution in [-0.4, -0.2) is 19.5 Å². The Morgan fingerprint density at radius 3 is 2.80 bits per heavy atom. The minimum absolute atomic E-state index is 0.661. The lowest BCUT2D eigenvalue weighted by atomic mass is 10.2. The van der Waals surface area contributed by atoms with Gasteiger partial charge in [0.2, 0.25) is 0 Å². The predicted molar refractivity (Wildman–Crippen MR) is 62.0 cm³/mol. The average molecular weight is 207 g/mol. The number of benzene rings is 1. The van der Waals surface area contributed by atoms with Gasteiger partial charge in [-0.1, -0.05) is 19.1 Å². The third-order valence-corrected chi connectivity index (χ3v) is 1.99. The van der Waals surface area contributed by atoms with Gasteiger partial charge in [0.25, 0.3) is 0 Å². The summed E-state index contributed by atoms with van der Waals surface area (Å²) < 4.78 is 5.23. The van der Waals surface area contributed by atoms with Gasteiger partial charge in [0.05, 0.1) is 12.7 Å². The first-order chi connectivity index (χ1) is 7.33. The van der Waals surface area contributed by atoms with E-state index in [1.165, 1.54) is 0 Å². The Bertz CT molecular complexity index is 336. The Hall–Kier alpha value is -1.55. The minimum Gasteiger partial charge on any atom is -0.496 e. The largest absolute Gasteiger partial charge is 0.496 e. The topological polar surface area (TPSA) is 59.6 Å². The lowest BCUT2D eigenvalue weighted by Gasteiger charge is -2.10. The van der Waals surface area contributed by atoms with E-state index in [1.54, 1.807) is 7.11 Å². The van der Waals surface area contributed by atoms with Crippen LogP contribution < -0.4 is 16.0 Å². The number of hydrazine groups is 1. The van der Waals surface area contributed by atoms with E-state index in [9.17, 15) is 0 Å². The summed E-state index contributed by atoms with van der Waals surface area (Å²) in [4.78, 5) is 4.34. The fourth-order valence-corrected chi connectivity index (χ4v) is 1.27. The molecule has 0 aromatic heterocycles. The second kappa shape index (κ2) is 6.03. The maximum absolute atomic E-state index is 5.43. The van der Waals surface area contributed by atoms with E-state index >= 15 is 0 Å². The monoisotopic (exact) mass is 207 g/mol. The molecule has 0 bridgehead atoms. The van der Waals surface area contributed by atoms with Crippen LogP contribution >= 0.6 is 0 Å². The Morgan fingerprint density at radius 1 is 1.47 bits per heavy atom. The summed E-state index contributed by atoms with van der Waals surface area (Å²) in [6.07, 6.45) is 0.986. The standard InChI is InChI=1S/C11H17N3O/c1-3-8-13-11(14-12)9-6-4-5-7-10(9)15-2/h4-7H,3,8,12H2,1-2H3,(H,13,14). The Labute approximate surface area is 90.1 Å². The quantitative estimate of drug-likeness (QED) is 0.339. The summed E-state index contributed by atoms with van der Waals surface area (Å²) in [5.74, 6) is 6.86. The molecule has 0 heterocycles. The minimum atomic E-state index is 0.661. The number of hydrogen-bond donors (Lipinski definition) is 2. The highest BCUT2D eigenvalue weighted by Crippen LogP contribution is 2.17. The smallest absolute Gasteiger partial charge is 0.146 e. The van der Waals surface area contributed by atoms with Crippen molar-refractivity contribution >= 4 is 5.84 Å². The van der Waals surface area contributed by atoms with Gasteiger partial charge in [0.15, 0.2) is 0 Å². The number of amidine groups is 1. The SMILES string of the molecule is CCCN=C(NN)c1ccccc1OC. The molecule has 1 aromatic carbocycles. The molecule has 0 atom stereocenters. The maximum atomic E-state index is 5.43. The zero-order valence-corrected chi connectivity index (χ0v) is 9.16. The number of methoxy groups -OCH3 is 1. The number of aliphatic imine (C=N–C) groups is 1. The normalized spacial score (nSPS) is 11.3. The third kappa shape index (κ3) is 2.95. The highest BCUT2D eigenvalue weighted by Gasteiger charge is 2.07. The van der Waals surface area contributed by atoms with Crippen molar-refractivity contribution in [3.05, 3.63) is 29.8 Å². The van der Waals surface area contributed by atoms with Crippen LogP contribution in [0.25, 0.3) is 0 Å². The molecule has 3 N–H and O–H groups in total. The molecule has 82 valence electrons. The first-order valence-corrected chi connectivity index (χ1v) is 4.98. The highest BCUT2D eigenvalue weighted by molar-refractivity contribution is 6.00. The number of nitrogens with two attached hydrogens (primary N) is 1. The van der Waals surface area contributed by atoms with E-state index in [2.05, 4.69) is 17.3 Å². The van der Waals surface area contributed by atoms with Gasteiger partial charge in [-0.25, -0.2) is 5.84 Å². The molecular formula is C11H17N3O. The zero-order chi connectivity index (χ0) is 11.1. The molecule has 0 fully saturated rings. The van der Waals surface area contributed by atoms with Crippen LogP contribution in [0.3, 0.4) is 0 Å². The maximum Gasteiger partial charge on any atom is 0.146 e. The van der Waals surface area contributed by atoms with Crippen LogP contribution in [-0.2, 0) is 0 Å². The molecule has 4 heteroatoms. The lowest BCUT2D eigenvalue weighted by Crippen LogP contribution is -2.31. The van der Waals surface area contributed by atoms with E-state index in [0.29, 0.717) is 5.84 Å². The average Bonchev–Trinajstić information content (AvgIpc) is 2.30. The lowest BCUT2D eigenvalue weighted by molar-refractivity contribution is 0.413. The summed E-state index contributed by atoms with van der Waals surface area (Å²) in [5.41, 5.74) is 3.48. The summed E-state index contributed by atoms with van der Waals surface area (Å²) in [7, 11) is 1.63. The van der Waals surface area contributed by atoms with Crippen LogP contribution in [0, 0.1) is 0 Å². The van der Waals surface area contributed by atoms with Crippen molar-refractivity contribution in [2.75, 3.05) is 13.7 Å².